The van der Waals surface area contributed by atoms with Gasteiger partial charge >= 0.3 is 5.97 Å². The molecule has 1 fully saturated rings. The van der Waals surface area contributed by atoms with Gasteiger partial charge in [0.25, 0.3) is 0 Å². The van der Waals surface area contributed by atoms with Crippen LogP contribution in [0.25, 0.3) is 0 Å². The molecule has 0 bridgehead atoms. The van der Waals surface area contributed by atoms with E-state index in [9.17, 15) is 4.79 Å². The van der Waals surface area contributed by atoms with Crippen LogP contribution in [0.1, 0.15) is 37.2 Å². The first-order valence-electron chi connectivity index (χ1n) is 6.79. The molecule has 1 aromatic rings. The molecule has 1 atom stereocenters. The minimum Gasteiger partial charge on any atom is -0.481 e. The molecular formula is C15H19NO2. The van der Waals surface area contributed by atoms with Crippen molar-refractivity contribution in [2.45, 2.75) is 31.6 Å². The van der Waals surface area contributed by atoms with Gasteiger partial charge in [-0.2, -0.15) is 0 Å². The van der Waals surface area contributed by atoms with E-state index in [-0.39, 0.29) is 12.3 Å². The average molecular weight is 245 g/mol. The van der Waals surface area contributed by atoms with Crippen molar-refractivity contribution >= 4 is 11.7 Å². The fraction of sp³-hybridized carbons (Fsp3) is 0.533. The van der Waals surface area contributed by atoms with E-state index in [1.165, 1.54) is 30.5 Å². The van der Waals surface area contributed by atoms with E-state index in [0.717, 1.165) is 19.0 Å². The molecule has 3 rings (SSSR count). The van der Waals surface area contributed by atoms with Gasteiger partial charge in [0.1, 0.15) is 0 Å². The maximum Gasteiger partial charge on any atom is 0.304 e. The van der Waals surface area contributed by atoms with Crippen molar-refractivity contribution in [1.82, 2.24) is 0 Å². The molecule has 96 valence electrons. The lowest BCUT2D eigenvalue weighted by Gasteiger charge is -2.19. The number of nitrogens with zero attached hydrogens (tertiary/aromatic N) is 1. The van der Waals surface area contributed by atoms with Crippen LogP contribution in [0.5, 0.6) is 0 Å². The van der Waals surface area contributed by atoms with E-state index in [1.54, 1.807) is 0 Å². The standard InChI is InChI=1S/C15H19NO2/c17-15(18)9-12-10-16(8-7-11-5-6-11)14-4-2-1-3-13(12)14/h1-4,11-12H,5-10H2,(H,17,18). The third kappa shape index (κ3) is 2.35. The maximum atomic E-state index is 10.9. The maximum absolute atomic E-state index is 10.9. The Labute approximate surface area is 107 Å². The highest BCUT2D eigenvalue weighted by atomic mass is 16.4. The highest BCUT2D eigenvalue weighted by Gasteiger charge is 2.31. The number of benzene rings is 1. The van der Waals surface area contributed by atoms with Gasteiger partial charge in [-0.1, -0.05) is 31.0 Å². The zero-order valence-corrected chi connectivity index (χ0v) is 10.5. The summed E-state index contributed by atoms with van der Waals surface area (Å²) in [6.07, 6.45) is 4.27. The lowest BCUT2D eigenvalue weighted by atomic mass is 9.98. The molecular weight excluding hydrogens is 226 g/mol. The third-order valence-electron chi connectivity index (χ3n) is 4.08. The first-order valence-corrected chi connectivity index (χ1v) is 6.79. The molecule has 1 heterocycles. The van der Waals surface area contributed by atoms with Gasteiger partial charge in [0.05, 0.1) is 6.42 Å². The van der Waals surface area contributed by atoms with Crippen LogP contribution < -0.4 is 4.90 Å². The highest BCUT2D eigenvalue weighted by Crippen LogP contribution is 2.39. The molecule has 1 N–H and O–H groups in total. The minimum atomic E-state index is -0.696. The van der Waals surface area contributed by atoms with E-state index in [2.05, 4.69) is 17.0 Å². The zero-order chi connectivity index (χ0) is 12.5. The molecule has 18 heavy (non-hydrogen) atoms. The second kappa shape index (κ2) is 4.63. The molecule has 1 aliphatic carbocycles. The van der Waals surface area contributed by atoms with E-state index >= 15 is 0 Å². The lowest BCUT2D eigenvalue weighted by molar-refractivity contribution is -0.137. The topological polar surface area (TPSA) is 40.5 Å². The summed E-state index contributed by atoms with van der Waals surface area (Å²) in [7, 11) is 0. The fourth-order valence-corrected chi connectivity index (χ4v) is 2.93. The molecule has 0 amide bonds. The number of hydrogen-bond donors (Lipinski definition) is 1. The molecule has 1 unspecified atom stereocenters. The van der Waals surface area contributed by atoms with Crippen molar-refractivity contribution in [3.05, 3.63) is 29.8 Å². The van der Waals surface area contributed by atoms with Crippen LogP contribution in [0.15, 0.2) is 24.3 Å². The molecule has 1 aromatic carbocycles. The van der Waals surface area contributed by atoms with Gasteiger partial charge in [-0.25, -0.2) is 0 Å². The number of para-hydroxylation sites is 1. The Balaban J connectivity index is 1.74. The molecule has 3 heteroatoms. The molecule has 3 nitrogen and oxygen atoms in total. The van der Waals surface area contributed by atoms with Gasteiger partial charge in [0.15, 0.2) is 0 Å². The number of hydrogen-bond acceptors (Lipinski definition) is 2. The van der Waals surface area contributed by atoms with E-state index in [4.69, 9.17) is 5.11 Å². The van der Waals surface area contributed by atoms with Crippen LogP contribution in [-0.2, 0) is 4.79 Å². The summed E-state index contributed by atoms with van der Waals surface area (Å²) in [6, 6.07) is 8.27. The van der Waals surface area contributed by atoms with Crippen LogP contribution in [0.3, 0.4) is 0 Å². The van der Waals surface area contributed by atoms with Crippen molar-refractivity contribution in [3.63, 3.8) is 0 Å². The zero-order valence-electron chi connectivity index (χ0n) is 10.5. The molecule has 2 aliphatic rings. The van der Waals surface area contributed by atoms with E-state index in [1.807, 2.05) is 12.1 Å². The fourth-order valence-electron chi connectivity index (χ4n) is 2.93. The normalized spacial score (nSPS) is 22.0. The summed E-state index contributed by atoms with van der Waals surface area (Å²) < 4.78 is 0. The first-order chi connectivity index (χ1) is 8.74. The average Bonchev–Trinajstić information content (AvgIpc) is 3.11. The van der Waals surface area contributed by atoms with Crippen LogP contribution in [0.2, 0.25) is 0 Å². The predicted octanol–water partition coefficient (Wildman–Crippen LogP) is 2.87. The first kappa shape index (κ1) is 11.6. The van der Waals surface area contributed by atoms with E-state index < -0.39 is 5.97 Å². The number of carbonyl (C=O) groups is 1. The van der Waals surface area contributed by atoms with Gasteiger partial charge < -0.3 is 10.0 Å². The molecule has 0 spiro atoms. The number of fused-ring (bicyclic) bond motifs is 1. The Kier molecular flexibility index (Phi) is 2.98. The summed E-state index contributed by atoms with van der Waals surface area (Å²) >= 11 is 0. The molecule has 1 saturated carbocycles. The molecule has 0 aromatic heterocycles. The number of aliphatic carboxylic acids is 1. The van der Waals surface area contributed by atoms with Crippen molar-refractivity contribution < 1.29 is 9.90 Å². The van der Waals surface area contributed by atoms with Crippen LogP contribution in [-0.4, -0.2) is 24.2 Å². The van der Waals surface area contributed by atoms with Crippen LogP contribution in [0.4, 0.5) is 5.69 Å². The van der Waals surface area contributed by atoms with Gasteiger partial charge in [-0.15, -0.1) is 0 Å². The largest absolute Gasteiger partial charge is 0.481 e. The molecule has 1 aliphatic heterocycles. The summed E-state index contributed by atoms with van der Waals surface area (Å²) in [5.41, 5.74) is 2.47. The van der Waals surface area contributed by atoms with Crippen LogP contribution >= 0.6 is 0 Å². The minimum absolute atomic E-state index is 0.165. The summed E-state index contributed by atoms with van der Waals surface area (Å²) in [4.78, 5) is 13.3. The van der Waals surface area contributed by atoms with Crippen molar-refractivity contribution in [3.8, 4) is 0 Å². The second-order valence-electron chi connectivity index (χ2n) is 5.53. The second-order valence-corrected chi connectivity index (χ2v) is 5.53. The van der Waals surface area contributed by atoms with Crippen molar-refractivity contribution in [1.29, 1.82) is 0 Å². The number of carboxylic acids is 1. The van der Waals surface area contributed by atoms with Crippen molar-refractivity contribution in [2.24, 2.45) is 5.92 Å². The van der Waals surface area contributed by atoms with Gasteiger partial charge in [0.2, 0.25) is 0 Å². The van der Waals surface area contributed by atoms with Gasteiger partial charge in [-0.3, -0.25) is 4.79 Å². The Morgan fingerprint density at radius 2 is 2.11 bits per heavy atom. The predicted molar refractivity (Wildman–Crippen MR) is 71.0 cm³/mol. The quantitative estimate of drug-likeness (QED) is 0.867. The Morgan fingerprint density at radius 3 is 2.83 bits per heavy atom. The number of carboxylic acid groups (broad SMARTS) is 1. The van der Waals surface area contributed by atoms with E-state index in [0.29, 0.717) is 0 Å². The summed E-state index contributed by atoms with van der Waals surface area (Å²) in [5.74, 6) is 0.396. The monoisotopic (exact) mass is 245 g/mol. The summed E-state index contributed by atoms with van der Waals surface area (Å²) in [6.45, 7) is 1.95. The van der Waals surface area contributed by atoms with Gasteiger partial charge in [-0.05, 0) is 24.0 Å². The smallest absolute Gasteiger partial charge is 0.304 e. The molecule has 0 radical (unpaired) electrons. The Hall–Kier alpha value is -1.51. The number of anilines is 1. The summed E-state index contributed by atoms with van der Waals surface area (Å²) in [5, 5.41) is 9.00. The highest BCUT2D eigenvalue weighted by molar-refractivity contribution is 5.71. The number of rotatable bonds is 5. The Bertz CT molecular complexity index is 454. The Morgan fingerprint density at radius 1 is 1.33 bits per heavy atom. The van der Waals surface area contributed by atoms with Crippen LogP contribution in [0, 0.1) is 5.92 Å². The SMILES string of the molecule is O=C(O)CC1CN(CCC2CC2)c2ccccc21. The third-order valence-corrected chi connectivity index (χ3v) is 4.08. The lowest BCUT2D eigenvalue weighted by Crippen LogP contribution is -2.24. The molecule has 0 saturated heterocycles. The van der Waals surface area contributed by atoms with Gasteiger partial charge in [0, 0.05) is 24.7 Å². The van der Waals surface area contributed by atoms with Crippen molar-refractivity contribution in [2.75, 3.05) is 18.0 Å².